The summed E-state index contributed by atoms with van der Waals surface area (Å²) in [5, 5.41) is 4.29. The van der Waals surface area contributed by atoms with Crippen LogP contribution in [0.1, 0.15) is 57.1 Å². The number of hydrogen-bond acceptors (Lipinski definition) is 2. The molecule has 26 heavy (non-hydrogen) atoms. The van der Waals surface area contributed by atoms with E-state index in [0.29, 0.717) is 0 Å². The number of likely N-dealkylation sites (N-methyl/N-ethyl adjacent to an activating group) is 1. The Morgan fingerprint density at radius 3 is 2.23 bits per heavy atom. The summed E-state index contributed by atoms with van der Waals surface area (Å²) in [6.07, 6.45) is 6.99. The van der Waals surface area contributed by atoms with Gasteiger partial charge < -0.3 is 5.32 Å². The smallest absolute Gasteiger partial charge is 0.0171 e. The van der Waals surface area contributed by atoms with E-state index in [9.17, 15) is 0 Å². The largest absolute Gasteiger partial charge is 0.313 e. The molecule has 2 aromatic rings. The molecule has 0 heterocycles. The minimum atomic E-state index is 0.814. The average molecular weight is 366 g/mol. The van der Waals surface area contributed by atoms with Crippen molar-refractivity contribution in [3.63, 3.8) is 0 Å². The molecule has 2 aromatic carbocycles. The molecule has 2 heteroatoms. The number of hydrogen-bond donors (Lipinski definition) is 1. The lowest BCUT2D eigenvalue weighted by atomic mass is 9.93. The van der Waals surface area contributed by atoms with Gasteiger partial charge in [-0.1, -0.05) is 74.2 Å². The Kier molecular flexibility index (Phi) is 7.40. The van der Waals surface area contributed by atoms with Crippen molar-refractivity contribution in [3.8, 4) is 0 Å². The van der Waals surface area contributed by atoms with Crippen molar-refractivity contribution in [2.45, 2.75) is 56.1 Å². The first kappa shape index (κ1) is 19.3. The van der Waals surface area contributed by atoms with Gasteiger partial charge >= 0.3 is 0 Å². The lowest BCUT2D eigenvalue weighted by Crippen LogP contribution is -2.16. The van der Waals surface area contributed by atoms with Gasteiger partial charge in [-0.25, -0.2) is 0 Å². The van der Waals surface area contributed by atoms with E-state index in [1.54, 1.807) is 0 Å². The molecular weight excluding hydrogens is 334 g/mol. The summed E-state index contributed by atoms with van der Waals surface area (Å²) in [4.78, 5) is 1.41. The van der Waals surface area contributed by atoms with Crippen molar-refractivity contribution >= 4 is 17.3 Å². The molecule has 0 aliphatic heterocycles. The van der Waals surface area contributed by atoms with Crippen LogP contribution in [0.2, 0.25) is 0 Å². The molecule has 1 aliphatic rings. The molecule has 1 N–H and O–H groups in total. The van der Waals surface area contributed by atoms with Crippen LogP contribution < -0.4 is 5.32 Å². The maximum absolute atomic E-state index is 3.47. The highest BCUT2D eigenvalue weighted by Crippen LogP contribution is 2.35. The zero-order chi connectivity index (χ0) is 18.2. The van der Waals surface area contributed by atoms with Crippen molar-refractivity contribution in [2.75, 3.05) is 13.1 Å². The molecule has 0 saturated heterocycles. The summed E-state index contributed by atoms with van der Waals surface area (Å²) < 4.78 is 0. The molecule has 0 aromatic heterocycles. The summed E-state index contributed by atoms with van der Waals surface area (Å²) in [6.45, 7) is 6.33. The second-order valence-electron chi connectivity index (χ2n) is 7.20. The monoisotopic (exact) mass is 365 g/mol. The van der Waals surface area contributed by atoms with Gasteiger partial charge in [-0.2, -0.15) is 0 Å². The highest BCUT2D eigenvalue weighted by Gasteiger charge is 2.15. The topological polar surface area (TPSA) is 12.0 Å². The van der Waals surface area contributed by atoms with Crippen LogP contribution >= 0.6 is 11.8 Å². The molecule has 0 radical (unpaired) electrons. The van der Waals surface area contributed by atoms with E-state index in [2.05, 4.69) is 85.5 Å². The molecule has 1 fully saturated rings. The Morgan fingerprint density at radius 2 is 1.58 bits per heavy atom. The van der Waals surface area contributed by atoms with Crippen LogP contribution in [0.5, 0.6) is 0 Å². The van der Waals surface area contributed by atoms with Crippen LogP contribution in [0.25, 0.3) is 5.57 Å². The summed E-state index contributed by atoms with van der Waals surface area (Å²) in [5.74, 6) is 0. The lowest BCUT2D eigenvalue weighted by Gasteiger charge is -2.21. The number of rotatable bonds is 7. The summed E-state index contributed by atoms with van der Waals surface area (Å²) in [7, 11) is 0. The van der Waals surface area contributed by atoms with Gasteiger partial charge in [0.15, 0.2) is 0 Å². The molecule has 0 bridgehead atoms. The zero-order valence-corrected chi connectivity index (χ0v) is 16.9. The highest BCUT2D eigenvalue weighted by molar-refractivity contribution is 8.00. The predicted molar refractivity (Wildman–Crippen MR) is 116 cm³/mol. The molecule has 0 unspecified atom stereocenters. The Hall–Kier alpha value is -1.51. The minimum Gasteiger partial charge on any atom is -0.313 e. The molecule has 3 rings (SSSR count). The summed E-state index contributed by atoms with van der Waals surface area (Å²) in [5.41, 5.74) is 5.38. The Bertz CT molecular complexity index is 697. The van der Waals surface area contributed by atoms with Crippen LogP contribution in [0, 0.1) is 0 Å². The maximum Gasteiger partial charge on any atom is 0.0171 e. The van der Waals surface area contributed by atoms with E-state index in [-0.39, 0.29) is 0 Å². The van der Waals surface area contributed by atoms with E-state index >= 15 is 0 Å². The third-order valence-electron chi connectivity index (χ3n) is 5.13. The van der Waals surface area contributed by atoms with Gasteiger partial charge in [0.05, 0.1) is 0 Å². The van der Waals surface area contributed by atoms with E-state index in [1.807, 2.05) is 0 Å². The predicted octanol–water partition coefficient (Wildman–Crippen LogP) is 6.54. The Balaban J connectivity index is 1.82. The Labute approximate surface area is 163 Å². The van der Waals surface area contributed by atoms with E-state index in [1.165, 1.54) is 59.3 Å². The minimum absolute atomic E-state index is 0.814. The zero-order valence-electron chi connectivity index (χ0n) is 16.1. The molecule has 1 nitrogen and oxygen atoms in total. The van der Waals surface area contributed by atoms with Crippen molar-refractivity contribution in [1.29, 1.82) is 0 Å². The van der Waals surface area contributed by atoms with Crippen LogP contribution in [0.15, 0.2) is 65.1 Å². The van der Waals surface area contributed by atoms with Gasteiger partial charge in [-0.05, 0) is 55.1 Å². The number of thioether (sulfide) groups is 1. The van der Waals surface area contributed by atoms with Gasteiger partial charge in [-0.3, -0.25) is 0 Å². The van der Waals surface area contributed by atoms with Gasteiger partial charge in [0, 0.05) is 16.7 Å². The van der Waals surface area contributed by atoms with Gasteiger partial charge in [0.1, 0.15) is 0 Å². The van der Waals surface area contributed by atoms with Crippen LogP contribution in [-0.2, 0) is 0 Å². The van der Waals surface area contributed by atoms with Crippen molar-refractivity contribution in [1.82, 2.24) is 5.32 Å². The first-order chi connectivity index (χ1) is 12.8. The first-order valence-corrected chi connectivity index (χ1v) is 10.9. The van der Waals surface area contributed by atoms with Crippen molar-refractivity contribution < 1.29 is 0 Å². The molecular formula is C24H31NS. The van der Waals surface area contributed by atoms with E-state index in [0.717, 1.165) is 18.3 Å². The summed E-state index contributed by atoms with van der Waals surface area (Å²) >= 11 is 2.07. The standard InChI is InChI=1S/C24H31NS/c1-3-25-18-19(2)24(20-10-6-4-7-11-20)21-14-16-23(17-15-21)26-22-12-8-5-9-13-22/h4,6-7,10-11,14-17,22,25H,3,5,8-9,12-13,18H2,1-2H3. The third-order valence-corrected chi connectivity index (χ3v) is 6.48. The van der Waals surface area contributed by atoms with Crippen LogP contribution in [0.3, 0.4) is 0 Å². The second kappa shape index (κ2) is 9.99. The molecule has 0 spiro atoms. The molecule has 1 saturated carbocycles. The number of benzene rings is 2. The quantitative estimate of drug-likeness (QED) is 0.597. The van der Waals surface area contributed by atoms with Crippen LogP contribution in [0.4, 0.5) is 0 Å². The van der Waals surface area contributed by atoms with Crippen LogP contribution in [-0.4, -0.2) is 18.3 Å². The second-order valence-corrected chi connectivity index (χ2v) is 8.58. The van der Waals surface area contributed by atoms with Crippen molar-refractivity contribution in [3.05, 3.63) is 71.3 Å². The highest BCUT2D eigenvalue weighted by atomic mass is 32.2. The van der Waals surface area contributed by atoms with E-state index in [4.69, 9.17) is 0 Å². The fraction of sp³-hybridized carbons (Fsp3) is 0.417. The Morgan fingerprint density at radius 1 is 0.923 bits per heavy atom. The third kappa shape index (κ3) is 5.25. The SMILES string of the molecule is CCNCC(C)=C(c1ccccc1)c1ccc(SC2CCCCC2)cc1. The van der Waals surface area contributed by atoms with Gasteiger partial charge in [0.25, 0.3) is 0 Å². The van der Waals surface area contributed by atoms with E-state index < -0.39 is 0 Å². The molecule has 1 aliphatic carbocycles. The fourth-order valence-corrected chi connectivity index (χ4v) is 4.99. The molecule has 0 amide bonds. The first-order valence-electron chi connectivity index (χ1n) is 10.0. The molecule has 0 atom stereocenters. The lowest BCUT2D eigenvalue weighted by molar-refractivity contribution is 0.516. The normalized spacial score (nSPS) is 16.4. The molecule has 138 valence electrons. The average Bonchev–Trinajstić information content (AvgIpc) is 2.69. The van der Waals surface area contributed by atoms with Gasteiger partial charge in [0.2, 0.25) is 0 Å². The summed E-state index contributed by atoms with van der Waals surface area (Å²) in [6, 6.07) is 20.0. The maximum atomic E-state index is 3.47. The van der Waals surface area contributed by atoms with Crippen molar-refractivity contribution in [2.24, 2.45) is 0 Å². The van der Waals surface area contributed by atoms with Gasteiger partial charge in [-0.15, -0.1) is 11.8 Å². The fourth-order valence-electron chi connectivity index (χ4n) is 3.74. The number of nitrogens with one attached hydrogen (secondary N) is 1.